The summed E-state index contributed by atoms with van der Waals surface area (Å²) in [6.45, 7) is 1.57. The van der Waals surface area contributed by atoms with Crippen LogP contribution in [0.3, 0.4) is 0 Å². The molecule has 1 aliphatic heterocycles. The number of aromatic nitrogens is 2. The summed E-state index contributed by atoms with van der Waals surface area (Å²) in [6.07, 6.45) is 3.62. The fourth-order valence-electron chi connectivity index (χ4n) is 2.99. The summed E-state index contributed by atoms with van der Waals surface area (Å²) in [5.74, 6) is 0.778. The second kappa shape index (κ2) is 9.94. The van der Waals surface area contributed by atoms with Gasteiger partial charge in [0, 0.05) is 38.5 Å². The van der Waals surface area contributed by atoms with Gasteiger partial charge < -0.3 is 23.7 Å². The van der Waals surface area contributed by atoms with Crippen LogP contribution in [0.5, 0.6) is 11.5 Å². The zero-order chi connectivity index (χ0) is 21.7. The Morgan fingerprint density at radius 2 is 1.70 bits per heavy atom. The molecule has 1 saturated heterocycles. The number of hydrogen-bond donors (Lipinski definition) is 0. The Labute approximate surface area is 183 Å². The number of carbonyl (C=O) groups excluding carboxylic acids is 2. The fraction of sp³-hybridized carbons (Fsp3) is 0.444. The van der Waals surface area contributed by atoms with E-state index in [1.165, 1.54) is 23.7 Å². The molecule has 10 nitrogen and oxygen atoms in total. The van der Waals surface area contributed by atoms with Gasteiger partial charge in [0.1, 0.15) is 0 Å². The van der Waals surface area contributed by atoms with Crippen molar-refractivity contribution in [3.8, 4) is 11.5 Å². The molecular formula is C18H23N5O5S2. The van der Waals surface area contributed by atoms with Crippen LogP contribution in [0.1, 0.15) is 10.7 Å². The molecule has 162 valence electrons. The maximum absolute atomic E-state index is 13.1. The lowest BCUT2D eigenvalue weighted by molar-refractivity contribution is 0.0626. The minimum atomic E-state index is -0.323. The highest BCUT2D eigenvalue weighted by molar-refractivity contribution is 8.00. The van der Waals surface area contributed by atoms with Gasteiger partial charge >= 0.3 is 17.8 Å². The predicted octanol–water partition coefficient (Wildman–Crippen LogP) is 2.47. The minimum Gasteiger partial charge on any atom is -0.493 e. The standard InChI is InChI=1S/C18H23N5O5S2/c1-26-13-6-5-12(11-14(13)27-2)23(30-4)18(25)22-9-7-21(8-10-22)16(24)15-19-20-17(28-15)29-3/h5-6,11H,7-10H2,1-4H3. The first-order valence-corrected chi connectivity index (χ1v) is 11.4. The van der Waals surface area contributed by atoms with Crippen LogP contribution in [0.15, 0.2) is 27.8 Å². The smallest absolute Gasteiger partial charge is 0.334 e. The van der Waals surface area contributed by atoms with Gasteiger partial charge in [0.2, 0.25) is 0 Å². The number of anilines is 1. The van der Waals surface area contributed by atoms with Crippen LogP contribution in [0.25, 0.3) is 0 Å². The molecule has 2 aromatic rings. The zero-order valence-corrected chi connectivity index (χ0v) is 18.8. The highest BCUT2D eigenvalue weighted by atomic mass is 32.2. The summed E-state index contributed by atoms with van der Waals surface area (Å²) in [6, 6.07) is 5.15. The van der Waals surface area contributed by atoms with Gasteiger partial charge in [-0.25, -0.2) is 9.10 Å². The number of ether oxygens (including phenoxy) is 2. The third-order valence-corrected chi connectivity index (χ3v) is 5.81. The molecule has 3 rings (SSSR count). The molecule has 0 radical (unpaired) electrons. The number of methoxy groups -OCH3 is 2. The van der Waals surface area contributed by atoms with E-state index in [9.17, 15) is 9.59 Å². The van der Waals surface area contributed by atoms with Crippen molar-refractivity contribution in [1.29, 1.82) is 0 Å². The first-order valence-electron chi connectivity index (χ1n) is 9.04. The van der Waals surface area contributed by atoms with Gasteiger partial charge in [-0.2, -0.15) is 0 Å². The number of rotatable bonds is 6. The third-order valence-electron chi connectivity index (χ3n) is 4.56. The lowest BCUT2D eigenvalue weighted by atomic mass is 10.2. The second-order valence-corrected chi connectivity index (χ2v) is 7.64. The zero-order valence-electron chi connectivity index (χ0n) is 17.2. The number of amides is 3. The van der Waals surface area contributed by atoms with Gasteiger partial charge in [0.25, 0.3) is 5.22 Å². The first-order chi connectivity index (χ1) is 14.5. The Kier molecular flexibility index (Phi) is 7.32. The maximum atomic E-state index is 13.1. The summed E-state index contributed by atoms with van der Waals surface area (Å²) >= 11 is 2.57. The Bertz CT molecular complexity index is 901. The molecule has 2 heterocycles. The largest absolute Gasteiger partial charge is 0.493 e. The molecule has 0 aliphatic carbocycles. The predicted molar refractivity (Wildman–Crippen MR) is 114 cm³/mol. The lowest BCUT2D eigenvalue weighted by Crippen LogP contribution is -2.53. The fourth-order valence-corrected chi connectivity index (χ4v) is 3.87. The van der Waals surface area contributed by atoms with Gasteiger partial charge in [-0.1, -0.05) is 11.8 Å². The van der Waals surface area contributed by atoms with E-state index in [4.69, 9.17) is 13.9 Å². The summed E-state index contributed by atoms with van der Waals surface area (Å²) < 4.78 is 17.5. The van der Waals surface area contributed by atoms with Crippen molar-refractivity contribution in [1.82, 2.24) is 20.0 Å². The quantitative estimate of drug-likeness (QED) is 0.482. The number of nitrogens with zero attached hydrogens (tertiary/aromatic N) is 5. The minimum absolute atomic E-state index is 0.0322. The third kappa shape index (κ3) is 4.59. The normalized spacial score (nSPS) is 13.9. The maximum Gasteiger partial charge on any atom is 0.334 e. The van der Waals surface area contributed by atoms with Gasteiger partial charge in [0.05, 0.1) is 19.9 Å². The number of carbonyl (C=O) groups is 2. The first kappa shape index (κ1) is 22.1. The van der Waals surface area contributed by atoms with E-state index in [1.807, 2.05) is 6.26 Å². The highest BCUT2D eigenvalue weighted by Gasteiger charge is 2.30. The molecule has 1 aromatic carbocycles. The van der Waals surface area contributed by atoms with Crippen LogP contribution in [0.4, 0.5) is 10.5 Å². The SMILES string of the molecule is COc1ccc(N(SC)C(=O)N2CCN(C(=O)c3nnc(SC)o3)CC2)cc1OC. The van der Waals surface area contributed by atoms with Gasteiger partial charge in [-0.05, 0) is 30.3 Å². The van der Waals surface area contributed by atoms with Crippen molar-refractivity contribution in [2.45, 2.75) is 5.22 Å². The van der Waals surface area contributed by atoms with Crippen molar-refractivity contribution in [3.05, 3.63) is 24.1 Å². The van der Waals surface area contributed by atoms with Crippen LogP contribution in [-0.4, -0.2) is 84.8 Å². The highest BCUT2D eigenvalue weighted by Crippen LogP contribution is 2.34. The summed E-state index contributed by atoms with van der Waals surface area (Å²) in [4.78, 5) is 28.9. The summed E-state index contributed by atoms with van der Waals surface area (Å²) in [5.41, 5.74) is 0.680. The van der Waals surface area contributed by atoms with Crippen LogP contribution in [0, 0.1) is 0 Å². The molecule has 0 N–H and O–H groups in total. The monoisotopic (exact) mass is 453 g/mol. The van der Waals surface area contributed by atoms with E-state index in [-0.39, 0.29) is 17.8 Å². The molecule has 30 heavy (non-hydrogen) atoms. The van der Waals surface area contributed by atoms with Crippen LogP contribution < -0.4 is 13.8 Å². The Morgan fingerprint density at radius 3 is 2.27 bits per heavy atom. The molecule has 1 aliphatic rings. The topological polar surface area (TPSA) is 101 Å². The lowest BCUT2D eigenvalue weighted by Gasteiger charge is -2.36. The van der Waals surface area contributed by atoms with Crippen molar-refractivity contribution < 1.29 is 23.5 Å². The Balaban J connectivity index is 1.65. The van der Waals surface area contributed by atoms with Crippen molar-refractivity contribution in [3.63, 3.8) is 0 Å². The van der Waals surface area contributed by atoms with Gasteiger partial charge in [-0.15, -0.1) is 10.2 Å². The number of thioether (sulfide) groups is 1. The van der Waals surface area contributed by atoms with Gasteiger partial charge in [-0.3, -0.25) is 4.79 Å². The molecule has 0 atom stereocenters. The van der Waals surface area contributed by atoms with E-state index >= 15 is 0 Å². The Morgan fingerprint density at radius 1 is 1.03 bits per heavy atom. The average Bonchev–Trinajstić information content (AvgIpc) is 3.28. The molecule has 0 spiro atoms. The summed E-state index contributed by atoms with van der Waals surface area (Å²) in [7, 11) is 3.11. The molecule has 1 fully saturated rings. The van der Waals surface area contributed by atoms with Gasteiger partial charge in [0.15, 0.2) is 11.5 Å². The number of benzene rings is 1. The number of urea groups is 1. The summed E-state index contributed by atoms with van der Waals surface area (Å²) in [5, 5.41) is 7.92. The van der Waals surface area contributed by atoms with E-state index in [1.54, 1.807) is 52.8 Å². The van der Waals surface area contributed by atoms with Crippen molar-refractivity contribution in [2.24, 2.45) is 0 Å². The molecule has 1 aromatic heterocycles. The molecule has 0 bridgehead atoms. The van der Waals surface area contributed by atoms with Crippen molar-refractivity contribution in [2.75, 3.05) is 57.2 Å². The van der Waals surface area contributed by atoms with Crippen LogP contribution in [-0.2, 0) is 0 Å². The van der Waals surface area contributed by atoms with E-state index in [0.29, 0.717) is 48.6 Å². The average molecular weight is 454 g/mol. The van der Waals surface area contributed by atoms with E-state index in [0.717, 1.165) is 0 Å². The molecule has 3 amide bonds. The molecular weight excluding hydrogens is 430 g/mol. The number of hydrogen-bond acceptors (Lipinski definition) is 9. The molecule has 0 saturated carbocycles. The second-order valence-electron chi connectivity index (χ2n) is 6.16. The number of piperazine rings is 1. The molecule has 0 unspecified atom stereocenters. The van der Waals surface area contributed by atoms with Crippen LogP contribution >= 0.6 is 23.7 Å². The van der Waals surface area contributed by atoms with E-state index in [2.05, 4.69) is 10.2 Å². The van der Waals surface area contributed by atoms with Crippen LogP contribution in [0.2, 0.25) is 0 Å². The van der Waals surface area contributed by atoms with E-state index < -0.39 is 0 Å². The Hall–Kier alpha value is -2.60. The van der Waals surface area contributed by atoms with Crippen molar-refractivity contribution >= 4 is 41.3 Å². The molecule has 12 heteroatoms.